The van der Waals surface area contributed by atoms with Crippen LogP contribution >= 0.6 is 0 Å². The third-order valence-electron chi connectivity index (χ3n) is 3.00. The fourth-order valence-corrected chi connectivity index (χ4v) is 2.12. The smallest absolute Gasteiger partial charge is 0.0533 e. The Labute approximate surface area is 133 Å². The molecule has 0 heteroatoms. The summed E-state index contributed by atoms with van der Waals surface area (Å²) in [5, 5.41) is 0. The molecule has 0 aromatic carbocycles. The van der Waals surface area contributed by atoms with Crippen LogP contribution in [0.5, 0.6) is 0 Å². The van der Waals surface area contributed by atoms with E-state index in [1.165, 1.54) is 77.0 Å². The fraction of sp³-hybridized carbons (Fsp3) is 1.00. The van der Waals surface area contributed by atoms with Gasteiger partial charge in [0.1, 0.15) is 0 Å². The first-order chi connectivity index (χ1) is 10.0. The summed E-state index contributed by atoms with van der Waals surface area (Å²) < 4.78 is 0. The lowest BCUT2D eigenvalue weighted by Crippen LogP contribution is -1.85. The molecule has 0 spiro atoms. The molecule has 0 amide bonds. The van der Waals surface area contributed by atoms with Gasteiger partial charge in [0.05, 0.1) is 0 Å². The molecule has 2 fully saturated rings. The summed E-state index contributed by atoms with van der Waals surface area (Å²) in [5.74, 6) is 0. The minimum absolute atomic E-state index is 1.50. The zero-order valence-corrected chi connectivity index (χ0v) is 16.5. The molecule has 2 aliphatic rings. The fourth-order valence-electron chi connectivity index (χ4n) is 2.12. The van der Waals surface area contributed by atoms with Crippen molar-refractivity contribution < 1.29 is 0 Å². The Morgan fingerprint density at radius 1 is 0.200 bits per heavy atom. The average Bonchev–Trinajstić information content (AvgIpc) is 2.65. The molecular formula is C20H48. The van der Waals surface area contributed by atoms with Crippen LogP contribution in [-0.2, 0) is 0 Å². The van der Waals surface area contributed by atoms with Crippen molar-refractivity contribution in [1.82, 2.24) is 0 Å². The molecule has 0 aromatic rings. The molecule has 20 heavy (non-hydrogen) atoms. The van der Waals surface area contributed by atoms with Crippen molar-refractivity contribution in [2.24, 2.45) is 0 Å². The van der Waals surface area contributed by atoms with Crippen LogP contribution in [0.15, 0.2) is 0 Å². The second-order valence-corrected chi connectivity index (χ2v) is 4.24. The lowest BCUT2D eigenvalue weighted by atomic mass is 10.0. The Bertz CT molecular complexity index is 43.0. The zero-order valence-electron chi connectivity index (χ0n) is 16.5. The molecule has 2 rings (SSSR count). The average molecular weight is 289 g/mol. The van der Waals surface area contributed by atoms with Gasteiger partial charge in [-0.15, -0.1) is 0 Å². The summed E-state index contributed by atoms with van der Waals surface area (Å²) in [5.41, 5.74) is 0. The van der Waals surface area contributed by atoms with Crippen LogP contribution in [-0.4, -0.2) is 0 Å². The Kier molecular flexibility index (Phi) is 60.3. The topological polar surface area (TPSA) is 0 Å². The van der Waals surface area contributed by atoms with Gasteiger partial charge in [0.25, 0.3) is 0 Å². The SMILES string of the molecule is C1CCCCC1.C1CCCCC1.CC.CC.CC.CC. The lowest BCUT2D eigenvalue weighted by Gasteiger charge is -2.05. The third-order valence-corrected chi connectivity index (χ3v) is 3.00. The highest BCUT2D eigenvalue weighted by Gasteiger charge is 1.96. The third kappa shape index (κ3) is 36.1. The van der Waals surface area contributed by atoms with E-state index in [0.29, 0.717) is 0 Å². The molecule has 0 radical (unpaired) electrons. The lowest BCUT2D eigenvalue weighted by molar-refractivity contribution is 0.504. The quantitative estimate of drug-likeness (QED) is 0.417. The number of hydrogen-bond acceptors (Lipinski definition) is 0. The van der Waals surface area contributed by atoms with Crippen LogP contribution in [0, 0.1) is 0 Å². The summed E-state index contributed by atoms with van der Waals surface area (Å²) in [6.45, 7) is 16.0. The highest BCUT2D eigenvalue weighted by Crippen LogP contribution is 2.15. The summed E-state index contributed by atoms with van der Waals surface area (Å²) in [7, 11) is 0. The molecule has 0 bridgehead atoms. The van der Waals surface area contributed by atoms with Crippen LogP contribution < -0.4 is 0 Å². The largest absolute Gasteiger partial charge is 0.0683 e. The van der Waals surface area contributed by atoms with Crippen LogP contribution in [0.25, 0.3) is 0 Å². The zero-order chi connectivity index (χ0) is 16.5. The van der Waals surface area contributed by atoms with Crippen molar-refractivity contribution in [3.63, 3.8) is 0 Å². The van der Waals surface area contributed by atoms with Gasteiger partial charge in [0.2, 0.25) is 0 Å². The summed E-state index contributed by atoms with van der Waals surface area (Å²) in [6.07, 6.45) is 18.0. The van der Waals surface area contributed by atoms with E-state index < -0.39 is 0 Å². The number of hydrogen-bond donors (Lipinski definition) is 0. The molecule has 0 aliphatic heterocycles. The van der Waals surface area contributed by atoms with Crippen molar-refractivity contribution in [2.75, 3.05) is 0 Å². The van der Waals surface area contributed by atoms with E-state index in [1.54, 1.807) is 0 Å². The first-order valence-corrected chi connectivity index (χ1v) is 10.0. The van der Waals surface area contributed by atoms with Crippen LogP contribution in [0.3, 0.4) is 0 Å². The van der Waals surface area contributed by atoms with E-state index in [2.05, 4.69) is 0 Å². The van der Waals surface area contributed by atoms with E-state index in [4.69, 9.17) is 0 Å². The first-order valence-electron chi connectivity index (χ1n) is 10.0. The van der Waals surface area contributed by atoms with Gasteiger partial charge < -0.3 is 0 Å². The van der Waals surface area contributed by atoms with E-state index >= 15 is 0 Å². The molecule has 2 saturated carbocycles. The predicted molar refractivity (Wildman–Crippen MR) is 101 cm³/mol. The molecule has 0 unspecified atom stereocenters. The molecule has 0 heterocycles. The van der Waals surface area contributed by atoms with Gasteiger partial charge >= 0.3 is 0 Å². The highest BCUT2D eigenvalue weighted by molar-refractivity contribution is 4.51. The monoisotopic (exact) mass is 288 g/mol. The summed E-state index contributed by atoms with van der Waals surface area (Å²) in [6, 6.07) is 0. The van der Waals surface area contributed by atoms with Crippen LogP contribution in [0.2, 0.25) is 0 Å². The molecule has 0 aromatic heterocycles. The van der Waals surface area contributed by atoms with Crippen LogP contribution in [0.4, 0.5) is 0 Å². The van der Waals surface area contributed by atoms with Crippen molar-refractivity contribution in [3.8, 4) is 0 Å². The Morgan fingerprint density at radius 2 is 0.250 bits per heavy atom. The molecule has 2 aliphatic carbocycles. The maximum atomic E-state index is 2.00. The summed E-state index contributed by atoms with van der Waals surface area (Å²) >= 11 is 0. The van der Waals surface area contributed by atoms with Crippen molar-refractivity contribution in [3.05, 3.63) is 0 Å². The predicted octanol–water partition coefficient (Wildman–Crippen LogP) is 8.79. The maximum Gasteiger partial charge on any atom is -0.0533 e. The van der Waals surface area contributed by atoms with E-state index in [0.717, 1.165) is 0 Å². The van der Waals surface area contributed by atoms with Crippen LogP contribution in [0.1, 0.15) is 132 Å². The Hall–Kier alpha value is 0. The van der Waals surface area contributed by atoms with Gasteiger partial charge in [-0.25, -0.2) is 0 Å². The first kappa shape index (κ1) is 28.2. The van der Waals surface area contributed by atoms with Gasteiger partial charge in [0, 0.05) is 0 Å². The second-order valence-electron chi connectivity index (χ2n) is 4.24. The molecular weight excluding hydrogens is 240 g/mol. The van der Waals surface area contributed by atoms with Crippen molar-refractivity contribution in [2.45, 2.75) is 132 Å². The van der Waals surface area contributed by atoms with Crippen molar-refractivity contribution in [1.29, 1.82) is 0 Å². The second kappa shape index (κ2) is 42.8. The standard InChI is InChI=1S/2C6H12.4C2H6/c2*1-2-4-6-5-3-1;4*1-2/h2*1-6H2;4*1-2H3. The van der Waals surface area contributed by atoms with Gasteiger partial charge in [-0.1, -0.05) is 132 Å². The summed E-state index contributed by atoms with van der Waals surface area (Å²) in [4.78, 5) is 0. The molecule has 0 N–H and O–H groups in total. The minimum atomic E-state index is 1.50. The Morgan fingerprint density at radius 3 is 0.300 bits per heavy atom. The number of rotatable bonds is 0. The molecule has 0 atom stereocenters. The highest BCUT2D eigenvalue weighted by atomic mass is 14.0. The normalized spacial score (nSPS) is 15.6. The minimum Gasteiger partial charge on any atom is -0.0683 e. The van der Waals surface area contributed by atoms with Gasteiger partial charge in [-0.3, -0.25) is 0 Å². The molecule has 128 valence electrons. The van der Waals surface area contributed by atoms with Gasteiger partial charge in [-0.2, -0.15) is 0 Å². The van der Waals surface area contributed by atoms with E-state index in [-0.39, 0.29) is 0 Å². The van der Waals surface area contributed by atoms with Crippen molar-refractivity contribution >= 4 is 0 Å². The van der Waals surface area contributed by atoms with Gasteiger partial charge in [-0.05, 0) is 0 Å². The van der Waals surface area contributed by atoms with E-state index in [1.807, 2.05) is 55.4 Å². The van der Waals surface area contributed by atoms with Gasteiger partial charge in [0.15, 0.2) is 0 Å². The Balaban J connectivity index is -0.0000000863. The molecule has 0 nitrogen and oxygen atoms in total. The maximum absolute atomic E-state index is 2.00. The van der Waals surface area contributed by atoms with E-state index in [9.17, 15) is 0 Å². The molecule has 0 saturated heterocycles.